The molecular weight excluding hydrogens is 328 g/mol. The number of hydrogen-bond acceptors (Lipinski definition) is 2. The van der Waals surface area contributed by atoms with Crippen LogP contribution in [0, 0.1) is 6.92 Å². The molecule has 0 fully saturated rings. The van der Waals surface area contributed by atoms with E-state index in [2.05, 4.69) is 21.2 Å². The highest BCUT2D eigenvalue weighted by Crippen LogP contribution is 2.24. The molecule has 2 aromatic carbocycles. The number of nitrogens with one attached hydrogen (secondary N) is 1. The van der Waals surface area contributed by atoms with Crippen LogP contribution in [0.4, 0.5) is 11.4 Å². The Labute approximate surface area is 124 Å². The molecule has 98 valence electrons. The molecule has 0 saturated heterocycles. The van der Waals surface area contributed by atoms with Gasteiger partial charge in [-0.15, -0.1) is 0 Å². The molecule has 0 aliphatic heterocycles. The normalized spacial score (nSPS) is 10.3. The first-order valence-electron chi connectivity index (χ1n) is 5.60. The standard InChI is InChI=1S/C14H12BrClN2O/c1-8-6-10(16)3-4-11(8)14(19)18-13-5-2-9(15)7-12(13)17/h2-7H,17H2,1H3,(H,18,19). The van der Waals surface area contributed by atoms with Gasteiger partial charge in [0.1, 0.15) is 0 Å². The van der Waals surface area contributed by atoms with E-state index in [9.17, 15) is 4.79 Å². The third-order valence-corrected chi connectivity index (χ3v) is 3.42. The van der Waals surface area contributed by atoms with Crippen LogP contribution in [0.1, 0.15) is 15.9 Å². The molecule has 5 heteroatoms. The summed E-state index contributed by atoms with van der Waals surface area (Å²) >= 11 is 9.19. The minimum Gasteiger partial charge on any atom is -0.397 e. The quantitative estimate of drug-likeness (QED) is 0.804. The molecule has 0 bridgehead atoms. The van der Waals surface area contributed by atoms with Crippen molar-refractivity contribution in [2.45, 2.75) is 6.92 Å². The number of hydrogen-bond donors (Lipinski definition) is 2. The van der Waals surface area contributed by atoms with Crippen molar-refractivity contribution in [3.05, 3.63) is 57.0 Å². The van der Waals surface area contributed by atoms with Gasteiger partial charge in [0, 0.05) is 15.1 Å². The summed E-state index contributed by atoms with van der Waals surface area (Å²) in [5.74, 6) is -0.205. The highest BCUT2D eigenvalue weighted by molar-refractivity contribution is 9.10. The molecule has 0 aliphatic rings. The Morgan fingerprint density at radius 1 is 1.26 bits per heavy atom. The predicted octanol–water partition coefficient (Wildman–Crippen LogP) is 4.25. The van der Waals surface area contributed by atoms with Crippen molar-refractivity contribution < 1.29 is 4.79 Å². The summed E-state index contributed by atoms with van der Waals surface area (Å²) in [6, 6.07) is 10.4. The van der Waals surface area contributed by atoms with Crippen LogP contribution in [0.2, 0.25) is 5.02 Å². The first-order chi connectivity index (χ1) is 8.97. The second-order valence-corrected chi connectivity index (χ2v) is 5.50. The molecule has 0 aliphatic carbocycles. The van der Waals surface area contributed by atoms with E-state index in [1.54, 1.807) is 30.3 Å². The second-order valence-electron chi connectivity index (χ2n) is 4.14. The maximum atomic E-state index is 12.2. The number of halogens is 2. The molecule has 0 spiro atoms. The van der Waals surface area contributed by atoms with E-state index in [0.29, 0.717) is 22.0 Å². The molecule has 0 radical (unpaired) electrons. The minimum absolute atomic E-state index is 0.205. The summed E-state index contributed by atoms with van der Waals surface area (Å²) in [4.78, 5) is 12.2. The smallest absolute Gasteiger partial charge is 0.255 e. The van der Waals surface area contributed by atoms with Gasteiger partial charge in [0.15, 0.2) is 0 Å². The molecule has 0 atom stereocenters. The third-order valence-electron chi connectivity index (χ3n) is 2.69. The van der Waals surface area contributed by atoms with Crippen LogP contribution in [0.25, 0.3) is 0 Å². The fourth-order valence-electron chi connectivity index (χ4n) is 1.72. The minimum atomic E-state index is -0.205. The van der Waals surface area contributed by atoms with E-state index in [4.69, 9.17) is 17.3 Å². The topological polar surface area (TPSA) is 55.1 Å². The summed E-state index contributed by atoms with van der Waals surface area (Å²) in [7, 11) is 0. The van der Waals surface area contributed by atoms with Crippen LogP contribution < -0.4 is 11.1 Å². The van der Waals surface area contributed by atoms with Crippen molar-refractivity contribution in [1.82, 2.24) is 0 Å². The lowest BCUT2D eigenvalue weighted by atomic mass is 10.1. The molecular formula is C14H12BrClN2O. The van der Waals surface area contributed by atoms with Gasteiger partial charge in [-0.05, 0) is 48.9 Å². The Kier molecular flexibility index (Phi) is 4.12. The van der Waals surface area contributed by atoms with Gasteiger partial charge < -0.3 is 11.1 Å². The van der Waals surface area contributed by atoms with Crippen LogP contribution in [-0.4, -0.2) is 5.91 Å². The summed E-state index contributed by atoms with van der Waals surface area (Å²) in [5, 5.41) is 3.39. The molecule has 1 amide bonds. The van der Waals surface area contributed by atoms with Crippen molar-refractivity contribution >= 4 is 44.8 Å². The number of nitrogen functional groups attached to an aromatic ring is 1. The monoisotopic (exact) mass is 338 g/mol. The largest absolute Gasteiger partial charge is 0.397 e. The van der Waals surface area contributed by atoms with Crippen molar-refractivity contribution in [3.8, 4) is 0 Å². The van der Waals surface area contributed by atoms with Gasteiger partial charge in [-0.3, -0.25) is 4.79 Å². The Bertz CT molecular complexity index is 643. The summed E-state index contributed by atoms with van der Waals surface area (Å²) < 4.78 is 0.866. The lowest BCUT2D eigenvalue weighted by molar-refractivity contribution is 0.102. The zero-order valence-corrected chi connectivity index (χ0v) is 12.5. The Morgan fingerprint density at radius 3 is 2.63 bits per heavy atom. The van der Waals surface area contributed by atoms with Gasteiger partial charge in [-0.2, -0.15) is 0 Å². The summed E-state index contributed by atoms with van der Waals surface area (Å²) in [6.45, 7) is 1.84. The summed E-state index contributed by atoms with van der Waals surface area (Å²) in [5.41, 5.74) is 8.33. The third kappa shape index (κ3) is 3.28. The van der Waals surface area contributed by atoms with Crippen LogP contribution in [-0.2, 0) is 0 Å². The van der Waals surface area contributed by atoms with Gasteiger partial charge in [0.25, 0.3) is 5.91 Å². The fraction of sp³-hybridized carbons (Fsp3) is 0.0714. The van der Waals surface area contributed by atoms with Crippen molar-refractivity contribution in [1.29, 1.82) is 0 Å². The highest BCUT2D eigenvalue weighted by atomic mass is 79.9. The Morgan fingerprint density at radius 2 is 2.00 bits per heavy atom. The average molecular weight is 340 g/mol. The molecule has 2 aromatic rings. The molecule has 19 heavy (non-hydrogen) atoms. The number of aryl methyl sites for hydroxylation is 1. The van der Waals surface area contributed by atoms with Crippen LogP contribution in [0.3, 0.4) is 0 Å². The lowest BCUT2D eigenvalue weighted by Crippen LogP contribution is -2.14. The Balaban J connectivity index is 2.25. The summed E-state index contributed by atoms with van der Waals surface area (Å²) in [6.07, 6.45) is 0. The van der Waals surface area contributed by atoms with E-state index in [1.165, 1.54) is 0 Å². The number of amides is 1. The molecule has 0 heterocycles. The zero-order chi connectivity index (χ0) is 14.0. The van der Waals surface area contributed by atoms with Crippen LogP contribution in [0.5, 0.6) is 0 Å². The molecule has 0 unspecified atom stereocenters. The average Bonchev–Trinajstić information content (AvgIpc) is 2.32. The second kappa shape index (κ2) is 5.63. The van der Waals surface area contributed by atoms with Gasteiger partial charge in [-0.25, -0.2) is 0 Å². The van der Waals surface area contributed by atoms with E-state index < -0.39 is 0 Å². The van der Waals surface area contributed by atoms with Crippen molar-refractivity contribution in [3.63, 3.8) is 0 Å². The van der Waals surface area contributed by atoms with Crippen molar-refractivity contribution in [2.75, 3.05) is 11.1 Å². The first kappa shape index (κ1) is 13.9. The Hall–Kier alpha value is -1.52. The maximum absolute atomic E-state index is 12.2. The molecule has 0 saturated carbocycles. The maximum Gasteiger partial charge on any atom is 0.255 e. The van der Waals surface area contributed by atoms with E-state index >= 15 is 0 Å². The number of carbonyl (C=O) groups excluding carboxylic acids is 1. The fourth-order valence-corrected chi connectivity index (χ4v) is 2.32. The number of carbonyl (C=O) groups is 1. The molecule has 3 nitrogen and oxygen atoms in total. The van der Waals surface area contributed by atoms with E-state index in [1.807, 2.05) is 13.0 Å². The predicted molar refractivity (Wildman–Crippen MR) is 82.7 cm³/mol. The lowest BCUT2D eigenvalue weighted by Gasteiger charge is -2.10. The highest BCUT2D eigenvalue weighted by Gasteiger charge is 2.11. The SMILES string of the molecule is Cc1cc(Cl)ccc1C(=O)Nc1ccc(Br)cc1N. The number of benzene rings is 2. The first-order valence-corrected chi connectivity index (χ1v) is 6.77. The van der Waals surface area contributed by atoms with Crippen molar-refractivity contribution in [2.24, 2.45) is 0 Å². The molecule has 3 N–H and O–H groups in total. The van der Waals surface area contributed by atoms with Gasteiger partial charge >= 0.3 is 0 Å². The van der Waals surface area contributed by atoms with E-state index in [0.717, 1.165) is 10.0 Å². The number of rotatable bonds is 2. The van der Waals surface area contributed by atoms with E-state index in [-0.39, 0.29) is 5.91 Å². The van der Waals surface area contributed by atoms with Gasteiger partial charge in [0.05, 0.1) is 11.4 Å². The van der Waals surface area contributed by atoms with Crippen LogP contribution >= 0.6 is 27.5 Å². The van der Waals surface area contributed by atoms with Crippen LogP contribution in [0.15, 0.2) is 40.9 Å². The number of nitrogens with two attached hydrogens (primary N) is 1. The molecule has 2 rings (SSSR count). The number of anilines is 2. The van der Waals surface area contributed by atoms with Gasteiger partial charge in [-0.1, -0.05) is 27.5 Å². The zero-order valence-electron chi connectivity index (χ0n) is 10.2. The van der Waals surface area contributed by atoms with Gasteiger partial charge in [0.2, 0.25) is 0 Å². The molecule has 0 aromatic heterocycles.